The number of phenolic OH excluding ortho intramolecular Hbond substituents is 1. The highest BCUT2D eigenvalue weighted by Crippen LogP contribution is 2.45. The molecule has 0 saturated heterocycles. The summed E-state index contributed by atoms with van der Waals surface area (Å²) in [6.07, 6.45) is 1.38. The molecule has 3 aromatic rings. The van der Waals surface area contributed by atoms with Gasteiger partial charge in [0.05, 0.1) is 12.3 Å². The van der Waals surface area contributed by atoms with Crippen molar-refractivity contribution in [2.75, 3.05) is 11.5 Å². The molecule has 0 aliphatic carbocycles. The Kier molecular flexibility index (Phi) is 6.36. The summed E-state index contributed by atoms with van der Waals surface area (Å²) < 4.78 is 5.61. The Hall–Kier alpha value is -4.24. The van der Waals surface area contributed by atoms with Gasteiger partial charge in [0, 0.05) is 11.4 Å². The van der Waals surface area contributed by atoms with Crippen LogP contribution in [0.25, 0.3) is 6.08 Å². The second-order valence-electron chi connectivity index (χ2n) is 6.36. The van der Waals surface area contributed by atoms with Crippen molar-refractivity contribution >= 4 is 29.0 Å². The van der Waals surface area contributed by atoms with Gasteiger partial charge in [0.15, 0.2) is 11.5 Å². The first-order valence-electron chi connectivity index (χ1n) is 9.36. The van der Waals surface area contributed by atoms with Crippen LogP contribution in [0.2, 0.25) is 0 Å². The Balaban J connectivity index is 2.27. The van der Waals surface area contributed by atoms with Crippen LogP contribution in [-0.2, 0) is 4.79 Å². The van der Waals surface area contributed by atoms with E-state index in [4.69, 9.17) is 10.5 Å². The van der Waals surface area contributed by atoms with Gasteiger partial charge in [-0.05, 0) is 55.0 Å². The van der Waals surface area contributed by atoms with Gasteiger partial charge in [-0.15, -0.1) is 0 Å². The second-order valence-corrected chi connectivity index (χ2v) is 6.36. The van der Waals surface area contributed by atoms with Gasteiger partial charge in [0.1, 0.15) is 11.6 Å². The van der Waals surface area contributed by atoms with Gasteiger partial charge < -0.3 is 20.5 Å². The number of para-hydroxylation sites is 2. The maximum atomic E-state index is 11.5. The van der Waals surface area contributed by atoms with E-state index in [1.165, 1.54) is 6.08 Å². The largest absolute Gasteiger partial charge is 0.503 e. The number of nitriles is 1. The average Bonchev–Trinajstić information content (AvgIpc) is 2.76. The zero-order valence-corrected chi connectivity index (χ0v) is 16.4. The molecule has 0 aliphatic rings. The molecule has 6 nitrogen and oxygen atoms in total. The van der Waals surface area contributed by atoms with Crippen LogP contribution < -0.4 is 15.4 Å². The molecule has 30 heavy (non-hydrogen) atoms. The minimum absolute atomic E-state index is 0.0562. The van der Waals surface area contributed by atoms with Gasteiger partial charge >= 0.3 is 0 Å². The van der Waals surface area contributed by atoms with Crippen LogP contribution in [0.15, 0.2) is 78.4 Å². The number of ether oxygens (including phenoxy) is 1. The van der Waals surface area contributed by atoms with Crippen molar-refractivity contribution in [1.82, 2.24) is 0 Å². The van der Waals surface area contributed by atoms with E-state index in [1.54, 1.807) is 25.1 Å². The molecule has 0 saturated carbocycles. The van der Waals surface area contributed by atoms with Crippen LogP contribution in [0.3, 0.4) is 0 Å². The Morgan fingerprint density at radius 1 is 1.10 bits per heavy atom. The number of hydrogen-bond donors (Lipinski definition) is 2. The normalized spacial score (nSPS) is 10.9. The van der Waals surface area contributed by atoms with E-state index in [0.717, 1.165) is 11.4 Å². The number of benzene rings is 3. The minimum Gasteiger partial charge on any atom is -0.503 e. The molecule has 0 aliphatic heterocycles. The number of carbonyl (C=O) groups excluding carboxylic acids is 1. The summed E-state index contributed by atoms with van der Waals surface area (Å²) in [6.45, 7) is 2.13. The topological polar surface area (TPSA) is 99.6 Å². The quantitative estimate of drug-likeness (QED) is 0.445. The molecule has 0 spiro atoms. The van der Waals surface area contributed by atoms with Gasteiger partial charge in [-0.3, -0.25) is 4.79 Å². The first-order chi connectivity index (χ1) is 14.5. The van der Waals surface area contributed by atoms with E-state index in [-0.39, 0.29) is 17.1 Å². The number of primary amides is 1. The number of hydrogen-bond acceptors (Lipinski definition) is 5. The molecule has 0 aromatic heterocycles. The number of carbonyl (C=O) groups is 1. The Morgan fingerprint density at radius 2 is 1.67 bits per heavy atom. The summed E-state index contributed by atoms with van der Waals surface area (Å²) in [7, 11) is 0. The van der Waals surface area contributed by atoms with Crippen molar-refractivity contribution < 1.29 is 14.6 Å². The fourth-order valence-corrected chi connectivity index (χ4v) is 3.04. The van der Waals surface area contributed by atoms with Crippen molar-refractivity contribution in [1.29, 1.82) is 5.26 Å². The molecule has 0 atom stereocenters. The minimum atomic E-state index is -0.826. The van der Waals surface area contributed by atoms with Gasteiger partial charge in [0.25, 0.3) is 5.91 Å². The molecule has 1 amide bonds. The first-order valence-corrected chi connectivity index (χ1v) is 9.36. The molecule has 3 aromatic carbocycles. The lowest BCUT2D eigenvalue weighted by Crippen LogP contribution is -2.13. The SMILES string of the molecule is CCOc1cc(C=C(C#N)C(N)=O)cc(N(c2ccccc2)c2ccccc2)c1O. The van der Waals surface area contributed by atoms with Gasteiger partial charge in [-0.25, -0.2) is 0 Å². The van der Waals surface area contributed by atoms with E-state index in [1.807, 2.05) is 65.6 Å². The Morgan fingerprint density at radius 3 is 2.13 bits per heavy atom. The predicted octanol–water partition coefficient (Wildman–Crippen LogP) is 4.65. The average molecular weight is 399 g/mol. The van der Waals surface area contributed by atoms with Gasteiger partial charge in [-0.1, -0.05) is 36.4 Å². The number of phenols is 1. The van der Waals surface area contributed by atoms with E-state index < -0.39 is 5.91 Å². The standard InChI is InChI=1S/C24H21N3O3/c1-2-30-22-15-17(13-18(16-25)24(26)29)14-21(23(22)28)27(19-9-5-3-6-10-19)20-11-7-4-8-12-20/h3-15,28H,2H2,1H3,(H2,26,29). The van der Waals surface area contributed by atoms with Gasteiger partial charge in [0.2, 0.25) is 0 Å². The number of aromatic hydroxyl groups is 1. The third-order valence-corrected chi connectivity index (χ3v) is 4.34. The fraction of sp³-hybridized carbons (Fsp3) is 0.0833. The maximum absolute atomic E-state index is 11.5. The molecule has 150 valence electrons. The van der Waals surface area contributed by atoms with Crippen LogP contribution in [0, 0.1) is 11.3 Å². The third kappa shape index (κ3) is 4.42. The van der Waals surface area contributed by atoms with Crippen molar-refractivity contribution in [3.05, 3.63) is 83.9 Å². The van der Waals surface area contributed by atoms with Crippen LogP contribution in [-0.4, -0.2) is 17.6 Å². The van der Waals surface area contributed by atoms with Crippen LogP contribution in [0.1, 0.15) is 12.5 Å². The number of nitrogens with zero attached hydrogens (tertiary/aromatic N) is 2. The molecule has 3 N–H and O–H groups in total. The number of nitrogens with two attached hydrogens (primary N) is 1. The lowest BCUT2D eigenvalue weighted by atomic mass is 10.1. The zero-order valence-electron chi connectivity index (χ0n) is 16.4. The van der Waals surface area contributed by atoms with Crippen molar-refractivity contribution in [3.63, 3.8) is 0 Å². The summed E-state index contributed by atoms with van der Waals surface area (Å²) in [6, 6.07) is 24.1. The van der Waals surface area contributed by atoms with E-state index >= 15 is 0 Å². The van der Waals surface area contributed by atoms with Crippen molar-refractivity contribution in [3.8, 4) is 17.6 Å². The van der Waals surface area contributed by atoms with Crippen molar-refractivity contribution in [2.24, 2.45) is 5.73 Å². The van der Waals surface area contributed by atoms with E-state index in [2.05, 4.69) is 0 Å². The predicted molar refractivity (Wildman–Crippen MR) is 117 cm³/mol. The second kappa shape index (κ2) is 9.30. The smallest absolute Gasteiger partial charge is 0.259 e. The molecule has 6 heteroatoms. The maximum Gasteiger partial charge on any atom is 0.259 e. The van der Waals surface area contributed by atoms with E-state index in [0.29, 0.717) is 17.9 Å². The Labute approximate surface area is 175 Å². The molecule has 0 fully saturated rings. The lowest BCUT2D eigenvalue weighted by molar-refractivity contribution is -0.114. The molecule has 0 heterocycles. The zero-order chi connectivity index (χ0) is 21.5. The fourth-order valence-electron chi connectivity index (χ4n) is 3.04. The summed E-state index contributed by atoms with van der Waals surface area (Å²) in [4.78, 5) is 13.4. The highest BCUT2D eigenvalue weighted by atomic mass is 16.5. The summed E-state index contributed by atoms with van der Waals surface area (Å²) in [5, 5.41) is 20.2. The number of anilines is 3. The van der Waals surface area contributed by atoms with E-state index in [9.17, 15) is 15.2 Å². The molecule has 0 unspecified atom stereocenters. The first kappa shape index (κ1) is 20.5. The lowest BCUT2D eigenvalue weighted by Gasteiger charge is -2.27. The van der Waals surface area contributed by atoms with Crippen LogP contribution >= 0.6 is 0 Å². The molecular weight excluding hydrogens is 378 g/mol. The molecule has 0 bridgehead atoms. The summed E-state index contributed by atoms with van der Waals surface area (Å²) >= 11 is 0. The highest BCUT2D eigenvalue weighted by Gasteiger charge is 2.20. The molecular formula is C24H21N3O3. The number of amides is 1. The third-order valence-electron chi connectivity index (χ3n) is 4.34. The monoisotopic (exact) mass is 399 g/mol. The van der Waals surface area contributed by atoms with Crippen molar-refractivity contribution in [2.45, 2.75) is 6.92 Å². The Bertz CT molecular complexity index is 1060. The van der Waals surface area contributed by atoms with Crippen LogP contribution in [0.4, 0.5) is 17.1 Å². The summed E-state index contributed by atoms with van der Waals surface area (Å²) in [5.74, 6) is -0.646. The van der Waals surface area contributed by atoms with Crippen LogP contribution in [0.5, 0.6) is 11.5 Å². The summed E-state index contributed by atoms with van der Waals surface area (Å²) in [5.41, 5.74) is 7.66. The van der Waals surface area contributed by atoms with Gasteiger partial charge in [-0.2, -0.15) is 5.26 Å². The molecule has 0 radical (unpaired) electrons. The number of rotatable bonds is 7. The highest BCUT2D eigenvalue weighted by molar-refractivity contribution is 6.01. The molecule has 3 rings (SSSR count).